The third-order valence-electron chi connectivity index (χ3n) is 3.27. The number of carbonyl (C=O) groups is 1. The van der Waals surface area contributed by atoms with Gasteiger partial charge in [-0.1, -0.05) is 23.7 Å². The molecule has 114 valence electrons. The van der Waals surface area contributed by atoms with Crippen molar-refractivity contribution in [3.63, 3.8) is 0 Å². The van der Waals surface area contributed by atoms with Crippen molar-refractivity contribution in [1.29, 1.82) is 0 Å². The molecule has 0 spiro atoms. The minimum absolute atomic E-state index is 0.161. The molecule has 2 aromatic rings. The Hall–Kier alpha value is -2.11. The zero-order valence-corrected chi connectivity index (χ0v) is 13.0. The summed E-state index contributed by atoms with van der Waals surface area (Å²) >= 11 is 5.95. The van der Waals surface area contributed by atoms with Crippen LogP contribution in [0.4, 0.5) is 5.69 Å². The lowest BCUT2D eigenvalue weighted by Gasteiger charge is -2.33. The van der Waals surface area contributed by atoms with Crippen molar-refractivity contribution >= 4 is 23.2 Å². The number of hydrogen-bond donors (Lipinski definition) is 1. The van der Waals surface area contributed by atoms with Gasteiger partial charge in [0.15, 0.2) is 5.75 Å². The third-order valence-corrected chi connectivity index (χ3v) is 3.57. The molecule has 6 heteroatoms. The Balaban J connectivity index is 1.91. The molecule has 0 saturated heterocycles. The van der Waals surface area contributed by atoms with Gasteiger partial charge in [-0.15, -0.1) is 0 Å². The molecule has 1 aliphatic rings. The number of halogens is 1. The minimum atomic E-state index is -0.736. The standard InChI is InChI=1S/C16H15ClN2O3/c1-16(2)21-9-10-5-3-7-12(13(10)22-16)19-15(20)11-6-4-8-18-14(11)17/h3-8H,9H2,1-2H3,(H,19,20). The van der Waals surface area contributed by atoms with E-state index in [0.29, 0.717) is 23.6 Å². The van der Waals surface area contributed by atoms with Crippen LogP contribution < -0.4 is 10.1 Å². The van der Waals surface area contributed by atoms with Gasteiger partial charge in [0.2, 0.25) is 5.79 Å². The van der Waals surface area contributed by atoms with Gasteiger partial charge in [-0.3, -0.25) is 4.79 Å². The Labute approximate surface area is 133 Å². The largest absolute Gasteiger partial charge is 0.460 e. The maximum atomic E-state index is 12.4. The minimum Gasteiger partial charge on any atom is -0.460 e. The first kappa shape index (κ1) is 14.8. The lowest BCUT2D eigenvalue weighted by molar-refractivity contribution is -0.179. The maximum absolute atomic E-state index is 12.4. The van der Waals surface area contributed by atoms with Crippen LogP contribution in [0.5, 0.6) is 5.75 Å². The quantitative estimate of drug-likeness (QED) is 0.859. The van der Waals surface area contributed by atoms with Gasteiger partial charge in [-0.05, 0) is 18.2 Å². The second kappa shape index (κ2) is 5.59. The number of aromatic nitrogens is 1. The second-order valence-corrected chi connectivity index (χ2v) is 5.74. The van der Waals surface area contributed by atoms with E-state index in [4.69, 9.17) is 21.1 Å². The number of amides is 1. The number of pyridine rings is 1. The fourth-order valence-corrected chi connectivity index (χ4v) is 2.39. The topological polar surface area (TPSA) is 60.5 Å². The van der Waals surface area contributed by atoms with Crippen LogP contribution in [-0.2, 0) is 11.3 Å². The van der Waals surface area contributed by atoms with Crippen LogP contribution in [0.1, 0.15) is 29.8 Å². The molecule has 1 amide bonds. The fourth-order valence-electron chi connectivity index (χ4n) is 2.19. The predicted molar refractivity (Wildman–Crippen MR) is 83.1 cm³/mol. The van der Waals surface area contributed by atoms with Crippen molar-refractivity contribution in [1.82, 2.24) is 4.98 Å². The summed E-state index contributed by atoms with van der Waals surface area (Å²) in [5.41, 5.74) is 1.78. The van der Waals surface area contributed by atoms with E-state index in [-0.39, 0.29) is 11.1 Å². The Morgan fingerprint density at radius 2 is 2.14 bits per heavy atom. The second-order valence-electron chi connectivity index (χ2n) is 5.38. The molecule has 1 aliphatic heterocycles. The molecule has 0 radical (unpaired) electrons. The SMILES string of the molecule is CC1(C)OCc2cccc(NC(=O)c3cccnc3Cl)c2O1. The zero-order chi connectivity index (χ0) is 15.7. The average Bonchev–Trinajstić information content (AvgIpc) is 2.47. The van der Waals surface area contributed by atoms with E-state index in [0.717, 1.165) is 5.56 Å². The van der Waals surface area contributed by atoms with Gasteiger partial charge < -0.3 is 14.8 Å². The van der Waals surface area contributed by atoms with Crippen molar-refractivity contribution in [2.75, 3.05) is 5.32 Å². The Kier molecular flexibility index (Phi) is 3.76. The van der Waals surface area contributed by atoms with E-state index in [1.165, 1.54) is 6.20 Å². The van der Waals surface area contributed by atoms with Crippen LogP contribution in [0.15, 0.2) is 36.5 Å². The van der Waals surface area contributed by atoms with Gasteiger partial charge in [0.05, 0.1) is 17.9 Å². The lowest BCUT2D eigenvalue weighted by Crippen LogP contribution is -2.35. The molecule has 0 saturated carbocycles. The number of nitrogens with zero attached hydrogens (tertiary/aromatic N) is 1. The molecule has 1 N–H and O–H groups in total. The Morgan fingerprint density at radius 1 is 1.32 bits per heavy atom. The van der Waals surface area contributed by atoms with Gasteiger partial charge in [-0.25, -0.2) is 4.98 Å². The first-order chi connectivity index (χ1) is 10.5. The van der Waals surface area contributed by atoms with Gasteiger partial charge >= 0.3 is 0 Å². The number of fused-ring (bicyclic) bond motifs is 1. The monoisotopic (exact) mass is 318 g/mol. The third kappa shape index (κ3) is 2.91. The summed E-state index contributed by atoms with van der Waals surface area (Å²) in [7, 11) is 0. The van der Waals surface area contributed by atoms with E-state index in [2.05, 4.69) is 10.3 Å². The first-order valence-electron chi connectivity index (χ1n) is 6.83. The molecule has 0 atom stereocenters. The van der Waals surface area contributed by atoms with Gasteiger partial charge in [0.25, 0.3) is 5.91 Å². The summed E-state index contributed by atoms with van der Waals surface area (Å²) in [5.74, 6) is -0.453. The van der Waals surface area contributed by atoms with Crippen LogP contribution in [-0.4, -0.2) is 16.7 Å². The van der Waals surface area contributed by atoms with Crippen LogP contribution in [0, 0.1) is 0 Å². The van der Waals surface area contributed by atoms with Crippen molar-refractivity contribution in [3.05, 3.63) is 52.8 Å². The molecule has 2 heterocycles. The van der Waals surface area contributed by atoms with Crippen molar-refractivity contribution in [2.45, 2.75) is 26.2 Å². The van der Waals surface area contributed by atoms with Crippen molar-refractivity contribution in [3.8, 4) is 5.75 Å². The van der Waals surface area contributed by atoms with Crippen molar-refractivity contribution < 1.29 is 14.3 Å². The summed E-state index contributed by atoms with van der Waals surface area (Å²) in [6.07, 6.45) is 1.53. The summed E-state index contributed by atoms with van der Waals surface area (Å²) < 4.78 is 11.4. The summed E-state index contributed by atoms with van der Waals surface area (Å²) in [6.45, 7) is 4.08. The van der Waals surface area contributed by atoms with E-state index in [1.54, 1.807) is 18.2 Å². The summed E-state index contributed by atoms with van der Waals surface area (Å²) in [6, 6.07) is 8.80. The summed E-state index contributed by atoms with van der Waals surface area (Å²) in [4.78, 5) is 16.3. The molecule has 0 fully saturated rings. The number of rotatable bonds is 2. The molecule has 1 aromatic carbocycles. The first-order valence-corrected chi connectivity index (χ1v) is 7.21. The summed E-state index contributed by atoms with van der Waals surface area (Å²) in [5, 5.41) is 2.98. The van der Waals surface area contributed by atoms with Crippen LogP contribution in [0.25, 0.3) is 0 Å². The highest BCUT2D eigenvalue weighted by Gasteiger charge is 2.29. The molecule has 0 aliphatic carbocycles. The number of benzene rings is 1. The van der Waals surface area contributed by atoms with Crippen LogP contribution in [0.2, 0.25) is 5.15 Å². The fraction of sp³-hybridized carbons (Fsp3) is 0.250. The normalized spacial score (nSPS) is 15.6. The average molecular weight is 319 g/mol. The Bertz CT molecular complexity index is 731. The molecule has 0 unspecified atom stereocenters. The number of anilines is 1. The zero-order valence-electron chi connectivity index (χ0n) is 12.2. The number of para-hydroxylation sites is 1. The molecule has 1 aromatic heterocycles. The van der Waals surface area contributed by atoms with Gasteiger partial charge in [-0.2, -0.15) is 0 Å². The molecule has 3 rings (SSSR count). The van der Waals surface area contributed by atoms with Crippen LogP contribution >= 0.6 is 11.6 Å². The maximum Gasteiger partial charge on any atom is 0.258 e. The lowest BCUT2D eigenvalue weighted by atomic mass is 10.1. The molecular formula is C16H15ClN2O3. The van der Waals surface area contributed by atoms with Crippen LogP contribution in [0.3, 0.4) is 0 Å². The Morgan fingerprint density at radius 3 is 2.91 bits per heavy atom. The van der Waals surface area contributed by atoms with Gasteiger partial charge in [0.1, 0.15) is 5.15 Å². The molecule has 5 nitrogen and oxygen atoms in total. The molecule has 22 heavy (non-hydrogen) atoms. The number of hydrogen-bond acceptors (Lipinski definition) is 4. The molecular weight excluding hydrogens is 304 g/mol. The van der Waals surface area contributed by atoms with E-state index in [9.17, 15) is 4.79 Å². The van der Waals surface area contributed by atoms with E-state index in [1.807, 2.05) is 26.0 Å². The predicted octanol–water partition coefficient (Wildman–Crippen LogP) is 3.63. The highest BCUT2D eigenvalue weighted by molar-refractivity contribution is 6.33. The molecule has 0 bridgehead atoms. The number of ether oxygens (including phenoxy) is 2. The highest BCUT2D eigenvalue weighted by atomic mass is 35.5. The highest BCUT2D eigenvalue weighted by Crippen LogP contribution is 2.37. The smallest absolute Gasteiger partial charge is 0.258 e. The number of carbonyl (C=O) groups excluding carboxylic acids is 1. The van der Waals surface area contributed by atoms with Gasteiger partial charge in [0, 0.05) is 25.6 Å². The van der Waals surface area contributed by atoms with E-state index >= 15 is 0 Å². The van der Waals surface area contributed by atoms with E-state index < -0.39 is 5.79 Å². The van der Waals surface area contributed by atoms with Crippen molar-refractivity contribution in [2.24, 2.45) is 0 Å². The number of nitrogens with one attached hydrogen (secondary N) is 1.